The normalized spacial score (nSPS) is 12.8. The van der Waals surface area contributed by atoms with Crippen LogP contribution in [0, 0.1) is 0 Å². The summed E-state index contributed by atoms with van der Waals surface area (Å²) in [5.74, 6) is -2.45. The number of unbranched alkanes of at least 4 members (excludes halogenated alkanes) is 2. The molecule has 0 atom stereocenters. The average Bonchev–Trinajstić information content (AvgIpc) is 3.07. The number of aliphatic carboxylic acids is 2. The van der Waals surface area contributed by atoms with Crippen molar-refractivity contribution in [3.8, 4) is 0 Å². The number of carboxylic acid groups (broad SMARTS) is 2. The van der Waals surface area contributed by atoms with E-state index in [0.29, 0.717) is 0 Å². The van der Waals surface area contributed by atoms with E-state index in [1.807, 2.05) is 11.3 Å². The first-order chi connectivity index (χ1) is 13.5. The van der Waals surface area contributed by atoms with Crippen LogP contribution in [-0.2, 0) is 22.4 Å². The third kappa shape index (κ3) is 5.64. The van der Waals surface area contributed by atoms with Gasteiger partial charge in [0.15, 0.2) is 0 Å². The van der Waals surface area contributed by atoms with Gasteiger partial charge in [0.2, 0.25) is 0 Å². The second-order valence-corrected chi connectivity index (χ2v) is 7.98. The average molecular weight is 408 g/mol. The van der Waals surface area contributed by atoms with E-state index in [9.17, 15) is 0 Å². The number of carbonyl (C=O) groups is 2. The Hall–Kier alpha value is -2.22. The van der Waals surface area contributed by atoms with Crippen LogP contribution in [0.1, 0.15) is 62.8 Å². The van der Waals surface area contributed by atoms with E-state index in [1.54, 1.807) is 16.8 Å². The number of thiophene rings is 1. The predicted octanol–water partition coefficient (Wildman–Crippen LogP) is 4.13. The van der Waals surface area contributed by atoms with Crippen LogP contribution >= 0.6 is 11.3 Å². The minimum absolute atomic E-state index is 1.12. The van der Waals surface area contributed by atoms with Gasteiger partial charge in [0.05, 0.1) is 5.39 Å². The maximum Gasteiger partial charge on any atom is 0.414 e. The summed E-state index contributed by atoms with van der Waals surface area (Å²) in [6.07, 6.45) is 11.8. The zero-order valence-electron chi connectivity index (χ0n) is 16.6. The lowest BCUT2D eigenvalue weighted by Crippen LogP contribution is -2.27. The van der Waals surface area contributed by atoms with Crippen molar-refractivity contribution < 1.29 is 19.8 Å². The molecule has 0 radical (unpaired) electrons. The SMILES string of the molecule is CCCCN(CCCC)c1ncnc2sc3c(c12)CCCC3.O=C(O)C(=O)O. The van der Waals surface area contributed by atoms with E-state index in [1.165, 1.54) is 67.4 Å². The number of fused-ring (bicyclic) bond motifs is 3. The van der Waals surface area contributed by atoms with Gasteiger partial charge in [-0.05, 0) is 44.1 Å². The topological polar surface area (TPSA) is 104 Å². The van der Waals surface area contributed by atoms with Gasteiger partial charge < -0.3 is 15.1 Å². The Morgan fingerprint density at radius 3 is 2.21 bits per heavy atom. The Balaban J connectivity index is 0.000000409. The van der Waals surface area contributed by atoms with E-state index < -0.39 is 11.9 Å². The van der Waals surface area contributed by atoms with Gasteiger partial charge >= 0.3 is 11.9 Å². The number of hydrogen-bond acceptors (Lipinski definition) is 6. The lowest BCUT2D eigenvalue weighted by Gasteiger charge is -2.25. The summed E-state index contributed by atoms with van der Waals surface area (Å²) < 4.78 is 0. The number of nitrogens with zero attached hydrogens (tertiary/aromatic N) is 3. The van der Waals surface area contributed by atoms with E-state index in [0.717, 1.165) is 13.1 Å². The second kappa shape index (κ2) is 10.9. The first-order valence-corrected chi connectivity index (χ1v) is 10.8. The smallest absolute Gasteiger partial charge is 0.414 e. The molecule has 0 saturated carbocycles. The fourth-order valence-electron chi connectivity index (χ4n) is 3.33. The third-order valence-electron chi connectivity index (χ3n) is 4.78. The van der Waals surface area contributed by atoms with Crippen molar-refractivity contribution in [3.05, 3.63) is 16.8 Å². The maximum atomic E-state index is 9.10. The predicted molar refractivity (Wildman–Crippen MR) is 111 cm³/mol. The lowest BCUT2D eigenvalue weighted by atomic mass is 9.97. The van der Waals surface area contributed by atoms with Crippen molar-refractivity contribution in [3.63, 3.8) is 0 Å². The largest absolute Gasteiger partial charge is 0.473 e. The summed E-state index contributed by atoms with van der Waals surface area (Å²) in [6.45, 7) is 6.76. The lowest BCUT2D eigenvalue weighted by molar-refractivity contribution is -0.159. The molecule has 0 saturated heterocycles. The zero-order chi connectivity index (χ0) is 20.5. The summed E-state index contributed by atoms with van der Waals surface area (Å²) in [7, 11) is 0. The molecule has 2 aromatic heterocycles. The molecule has 2 aromatic rings. The quantitative estimate of drug-likeness (QED) is 0.665. The van der Waals surface area contributed by atoms with E-state index in [4.69, 9.17) is 24.8 Å². The fraction of sp³-hybridized carbons (Fsp3) is 0.600. The highest BCUT2D eigenvalue weighted by Crippen LogP contribution is 2.39. The van der Waals surface area contributed by atoms with Gasteiger partial charge in [-0.3, -0.25) is 0 Å². The van der Waals surface area contributed by atoms with Crippen LogP contribution < -0.4 is 4.90 Å². The number of anilines is 1. The summed E-state index contributed by atoms with van der Waals surface area (Å²) in [5, 5.41) is 16.2. The summed E-state index contributed by atoms with van der Waals surface area (Å²) in [5.41, 5.74) is 1.56. The molecule has 0 unspecified atom stereocenters. The monoisotopic (exact) mass is 407 g/mol. The van der Waals surface area contributed by atoms with Crippen LogP contribution in [-0.4, -0.2) is 45.2 Å². The molecule has 28 heavy (non-hydrogen) atoms. The van der Waals surface area contributed by atoms with Crippen LogP contribution in [0.5, 0.6) is 0 Å². The molecule has 154 valence electrons. The van der Waals surface area contributed by atoms with Crippen LogP contribution in [0.4, 0.5) is 5.82 Å². The molecule has 0 aromatic carbocycles. The summed E-state index contributed by atoms with van der Waals surface area (Å²) in [6, 6.07) is 0. The molecule has 0 bridgehead atoms. The molecule has 2 N–H and O–H groups in total. The highest BCUT2D eigenvalue weighted by Gasteiger charge is 2.22. The molecule has 2 heterocycles. The second-order valence-electron chi connectivity index (χ2n) is 6.89. The molecule has 3 rings (SSSR count). The van der Waals surface area contributed by atoms with Crippen LogP contribution in [0.2, 0.25) is 0 Å². The first kappa shape index (κ1) is 22.1. The third-order valence-corrected chi connectivity index (χ3v) is 5.98. The van der Waals surface area contributed by atoms with Crippen molar-refractivity contribution in [1.29, 1.82) is 0 Å². The minimum Gasteiger partial charge on any atom is -0.473 e. The van der Waals surface area contributed by atoms with E-state index in [2.05, 4.69) is 23.7 Å². The van der Waals surface area contributed by atoms with Crippen LogP contribution in [0.25, 0.3) is 10.2 Å². The molecule has 1 aliphatic rings. The van der Waals surface area contributed by atoms with Gasteiger partial charge in [0.25, 0.3) is 0 Å². The molecule has 8 heteroatoms. The van der Waals surface area contributed by atoms with Crippen molar-refractivity contribution >= 4 is 39.3 Å². The molecular weight excluding hydrogens is 378 g/mol. The van der Waals surface area contributed by atoms with Gasteiger partial charge in [0, 0.05) is 18.0 Å². The van der Waals surface area contributed by atoms with Gasteiger partial charge in [-0.2, -0.15) is 0 Å². The summed E-state index contributed by atoms with van der Waals surface area (Å²) in [4.78, 5) is 32.8. The number of aromatic nitrogens is 2. The minimum atomic E-state index is -1.82. The Morgan fingerprint density at radius 2 is 1.64 bits per heavy atom. The molecule has 0 spiro atoms. The van der Waals surface area contributed by atoms with Gasteiger partial charge in [-0.15, -0.1) is 11.3 Å². The molecular formula is C20H29N3O4S. The van der Waals surface area contributed by atoms with E-state index >= 15 is 0 Å². The van der Waals surface area contributed by atoms with Gasteiger partial charge in [0.1, 0.15) is 17.0 Å². The van der Waals surface area contributed by atoms with Crippen molar-refractivity contribution in [2.24, 2.45) is 0 Å². The Kier molecular flexibility index (Phi) is 8.63. The standard InChI is InChI=1S/C18H27N3S.C2H2O4/c1-3-5-11-21(12-6-4-2)17-16-14-9-7-8-10-15(14)22-18(16)20-13-19-17;3-1(4)2(5)6/h13H,3-12H2,1-2H3;(H,3,4)(H,5,6). The van der Waals surface area contributed by atoms with Crippen molar-refractivity contribution in [2.45, 2.75) is 65.2 Å². The van der Waals surface area contributed by atoms with Gasteiger partial charge in [-0.25, -0.2) is 19.6 Å². The highest BCUT2D eigenvalue weighted by molar-refractivity contribution is 7.19. The maximum absolute atomic E-state index is 9.10. The fourth-order valence-corrected chi connectivity index (χ4v) is 4.56. The summed E-state index contributed by atoms with van der Waals surface area (Å²) >= 11 is 1.90. The number of aryl methyl sites for hydroxylation is 2. The van der Waals surface area contributed by atoms with Gasteiger partial charge in [-0.1, -0.05) is 26.7 Å². The molecule has 7 nitrogen and oxygen atoms in total. The van der Waals surface area contributed by atoms with Crippen LogP contribution in [0.15, 0.2) is 6.33 Å². The highest BCUT2D eigenvalue weighted by atomic mass is 32.1. The molecule has 0 aliphatic heterocycles. The van der Waals surface area contributed by atoms with Crippen molar-refractivity contribution in [2.75, 3.05) is 18.0 Å². The molecule has 1 aliphatic carbocycles. The first-order valence-electron chi connectivity index (χ1n) is 9.95. The Labute approximate surface area is 169 Å². The number of carboxylic acids is 2. The van der Waals surface area contributed by atoms with Crippen molar-refractivity contribution in [1.82, 2.24) is 9.97 Å². The van der Waals surface area contributed by atoms with Crippen LogP contribution in [0.3, 0.4) is 0 Å². The van der Waals surface area contributed by atoms with E-state index in [-0.39, 0.29) is 0 Å². The molecule has 0 amide bonds. The zero-order valence-corrected chi connectivity index (χ0v) is 17.4. The number of hydrogen-bond donors (Lipinski definition) is 2. The Morgan fingerprint density at radius 1 is 1.04 bits per heavy atom. The number of rotatable bonds is 7. The Bertz CT molecular complexity index is 786. The molecule has 0 fully saturated rings.